The standard InChI is InChI=1S/C22H21N3O3/c1-2-27-20-11-9-18(15-8-10-19-16(14-15)12-13-28-19)24-21(20)25-22(26)23-17-6-4-3-5-7-17/h3-11,14H,2,12-13H2,1H3,(H2,23,24,25,26). The highest BCUT2D eigenvalue weighted by Gasteiger charge is 2.15. The summed E-state index contributed by atoms with van der Waals surface area (Å²) in [5.41, 5.74) is 3.60. The number of hydrogen-bond donors (Lipinski definition) is 2. The number of carbonyl (C=O) groups is 1. The number of carbonyl (C=O) groups excluding carboxylic acids is 1. The number of urea groups is 1. The molecule has 2 amide bonds. The molecule has 0 fully saturated rings. The lowest BCUT2D eigenvalue weighted by molar-refractivity contribution is 0.262. The highest BCUT2D eigenvalue weighted by atomic mass is 16.5. The Balaban J connectivity index is 1.59. The number of nitrogens with zero attached hydrogens (tertiary/aromatic N) is 1. The predicted octanol–water partition coefficient (Wildman–Crippen LogP) is 4.73. The van der Waals surface area contributed by atoms with Crippen LogP contribution in [0.25, 0.3) is 11.3 Å². The summed E-state index contributed by atoms with van der Waals surface area (Å²) in [5, 5.41) is 5.59. The van der Waals surface area contributed by atoms with Crippen molar-refractivity contribution >= 4 is 17.5 Å². The van der Waals surface area contributed by atoms with E-state index in [1.807, 2.05) is 61.5 Å². The average molecular weight is 375 g/mol. The number of benzene rings is 2. The fourth-order valence-electron chi connectivity index (χ4n) is 3.11. The number of amides is 2. The zero-order valence-electron chi connectivity index (χ0n) is 15.6. The first kappa shape index (κ1) is 17.9. The van der Waals surface area contributed by atoms with Gasteiger partial charge in [0.1, 0.15) is 5.75 Å². The van der Waals surface area contributed by atoms with Crippen LogP contribution in [-0.2, 0) is 6.42 Å². The second-order valence-corrected chi connectivity index (χ2v) is 6.34. The number of pyridine rings is 1. The first-order valence-electron chi connectivity index (χ1n) is 9.26. The third kappa shape index (κ3) is 3.91. The van der Waals surface area contributed by atoms with Gasteiger partial charge >= 0.3 is 6.03 Å². The van der Waals surface area contributed by atoms with Crippen LogP contribution in [0.3, 0.4) is 0 Å². The number of ether oxygens (including phenoxy) is 2. The van der Waals surface area contributed by atoms with Crippen molar-refractivity contribution in [2.75, 3.05) is 23.8 Å². The second-order valence-electron chi connectivity index (χ2n) is 6.34. The van der Waals surface area contributed by atoms with Crippen LogP contribution in [0, 0.1) is 0 Å². The van der Waals surface area contributed by atoms with Crippen LogP contribution in [0.4, 0.5) is 16.3 Å². The monoisotopic (exact) mass is 375 g/mol. The molecular weight excluding hydrogens is 354 g/mol. The molecule has 0 spiro atoms. The van der Waals surface area contributed by atoms with Gasteiger partial charge in [-0.3, -0.25) is 5.32 Å². The van der Waals surface area contributed by atoms with Crippen molar-refractivity contribution in [3.05, 3.63) is 66.2 Å². The van der Waals surface area contributed by atoms with Gasteiger partial charge in [-0.2, -0.15) is 0 Å². The Bertz CT molecular complexity index is 990. The number of hydrogen-bond acceptors (Lipinski definition) is 4. The van der Waals surface area contributed by atoms with Gasteiger partial charge < -0.3 is 14.8 Å². The molecule has 1 aliphatic heterocycles. The molecule has 1 aromatic heterocycles. The van der Waals surface area contributed by atoms with Gasteiger partial charge in [0.15, 0.2) is 11.6 Å². The van der Waals surface area contributed by atoms with E-state index in [1.165, 1.54) is 5.56 Å². The number of rotatable bonds is 5. The fourth-order valence-corrected chi connectivity index (χ4v) is 3.11. The van der Waals surface area contributed by atoms with Crippen molar-refractivity contribution < 1.29 is 14.3 Å². The highest BCUT2D eigenvalue weighted by Crippen LogP contribution is 2.32. The number of aromatic nitrogens is 1. The first-order valence-corrected chi connectivity index (χ1v) is 9.26. The summed E-state index contributed by atoms with van der Waals surface area (Å²) in [6, 6.07) is 18.6. The largest absolute Gasteiger partial charge is 0.493 e. The lowest BCUT2D eigenvalue weighted by Gasteiger charge is -2.13. The van der Waals surface area contributed by atoms with Gasteiger partial charge in [-0.25, -0.2) is 9.78 Å². The molecular formula is C22H21N3O3. The van der Waals surface area contributed by atoms with Crippen LogP contribution in [0.2, 0.25) is 0 Å². The van der Waals surface area contributed by atoms with Gasteiger partial charge in [-0.15, -0.1) is 0 Å². The molecule has 2 heterocycles. The Kier molecular flexibility index (Phi) is 5.10. The maximum absolute atomic E-state index is 12.4. The van der Waals surface area contributed by atoms with E-state index < -0.39 is 0 Å². The van der Waals surface area contributed by atoms with Crippen molar-refractivity contribution in [2.45, 2.75) is 13.3 Å². The number of para-hydroxylation sites is 1. The van der Waals surface area contributed by atoms with Crippen LogP contribution < -0.4 is 20.1 Å². The van der Waals surface area contributed by atoms with Crippen molar-refractivity contribution in [3.8, 4) is 22.8 Å². The lowest BCUT2D eigenvalue weighted by Crippen LogP contribution is -2.20. The Hall–Kier alpha value is -3.54. The summed E-state index contributed by atoms with van der Waals surface area (Å²) < 4.78 is 11.2. The molecule has 0 unspecified atom stereocenters. The lowest BCUT2D eigenvalue weighted by atomic mass is 10.1. The molecule has 1 aliphatic rings. The Morgan fingerprint density at radius 2 is 1.96 bits per heavy atom. The minimum absolute atomic E-state index is 0.376. The number of nitrogens with one attached hydrogen (secondary N) is 2. The summed E-state index contributed by atoms with van der Waals surface area (Å²) in [7, 11) is 0. The van der Waals surface area contributed by atoms with Gasteiger partial charge in [-0.1, -0.05) is 18.2 Å². The zero-order chi connectivity index (χ0) is 19.3. The Morgan fingerprint density at radius 1 is 1.11 bits per heavy atom. The molecule has 0 bridgehead atoms. The molecule has 6 nitrogen and oxygen atoms in total. The van der Waals surface area contributed by atoms with Gasteiger partial charge in [0.25, 0.3) is 0 Å². The number of anilines is 2. The van der Waals surface area contributed by atoms with Crippen LogP contribution in [0.5, 0.6) is 11.5 Å². The maximum atomic E-state index is 12.4. The first-order chi connectivity index (χ1) is 13.7. The van der Waals surface area contributed by atoms with E-state index in [-0.39, 0.29) is 6.03 Å². The van der Waals surface area contributed by atoms with Gasteiger partial charge in [0.05, 0.1) is 18.9 Å². The van der Waals surface area contributed by atoms with Gasteiger partial charge in [0.2, 0.25) is 0 Å². The van der Waals surface area contributed by atoms with Gasteiger partial charge in [0, 0.05) is 17.7 Å². The SMILES string of the molecule is CCOc1ccc(-c2ccc3c(c2)CCO3)nc1NC(=O)Nc1ccccc1. The molecule has 0 aliphatic carbocycles. The molecule has 2 aromatic carbocycles. The van der Waals surface area contributed by atoms with E-state index in [1.54, 1.807) is 0 Å². The fraction of sp³-hybridized carbons (Fsp3) is 0.182. The molecule has 3 aromatic rings. The van der Waals surface area contributed by atoms with Crippen LogP contribution in [0.15, 0.2) is 60.7 Å². The maximum Gasteiger partial charge on any atom is 0.324 e. The van der Waals surface area contributed by atoms with Crippen molar-refractivity contribution in [1.29, 1.82) is 0 Å². The van der Waals surface area contributed by atoms with E-state index in [0.717, 1.165) is 23.4 Å². The van der Waals surface area contributed by atoms with Crippen LogP contribution in [-0.4, -0.2) is 24.2 Å². The molecule has 0 saturated heterocycles. The van der Waals surface area contributed by atoms with E-state index in [4.69, 9.17) is 9.47 Å². The van der Waals surface area contributed by atoms with Gasteiger partial charge in [-0.05, 0) is 55.0 Å². The Labute approximate surface area is 163 Å². The molecule has 2 N–H and O–H groups in total. The van der Waals surface area contributed by atoms with E-state index in [0.29, 0.717) is 30.5 Å². The molecule has 142 valence electrons. The second kappa shape index (κ2) is 8.00. The quantitative estimate of drug-likeness (QED) is 0.676. The van der Waals surface area contributed by atoms with E-state index in [9.17, 15) is 4.79 Å². The molecule has 6 heteroatoms. The average Bonchev–Trinajstić information content (AvgIpc) is 3.18. The molecule has 28 heavy (non-hydrogen) atoms. The van der Waals surface area contributed by atoms with Crippen LogP contribution in [0.1, 0.15) is 12.5 Å². The summed E-state index contributed by atoms with van der Waals surface area (Å²) in [6.45, 7) is 3.08. The smallest absolute Gasteiger partial charge is 0.324 e. The summed E-state index contributed by atoms with van der Waals surface area (Å²) in [4.78, 5) is 17.0. The van der Waals surface area contributed by atoms with Crippen molar-refractivity contribution in [1.82, 2.24) is 4.98 Å². The zero-order valence-corrected chi connectivity index (χ0v) is 15.6. The normalized spacial score (nSPS) is 12.0. The van der Waals surface area contributed by atoms with Crippen molar-refractivity contribution in [3.63, 3.8) is 0 Å². The molecule has 0 saturated carbocycles. The highest BCUT2D eigenvalue weighted by molar-refractivity contribution is 6.00. The van der Waals surface area contributed by atoms with Crippen LogP contribution >= 0.6 is 0 Å². The predicted molar refractivity (Wildman–Crippen MR) is 109 cm³/mol. The third-order valence-corrected chi connectivity index (χ3v) is 4.41. The van der Waals surface area contributed by atoms with Crippen molar-refractivity contribution in [2.24, 2.45) is 0 Å². The van der Waals surface area contributed by atoms with E-state index in [2.05, 4.69) is 21.7 Å². The number of fused-ring (bicyclic) bond motifs is 1. The molecule has 0 radical (unpaired) electrons. The minimum Gasteiger partial charge on any atom is -0.493 e. The minimum atomic E-state index is -0.376. The summed E-state index contributed by atoms with van der Waals surface area (Å²) in [6.07, 6.45) is 0.894. The molecule has 0 atom stereocenters. The summed E-state index contributed by atoms with van der Waals surface area (Å²) >= 11 is 0. The van der Waals surface area contributed by atoms with E-state index >= 15 is 0 Å². The third-order valence-electron chi connectivity index (χ3n) is 4.41. The topological polar surface area (TPSA) is 72.5 Å². The summed E-state index contributed by atoms with van der Waals surface area (Å²) in [5.74, 6) is 1.83. The molecule has 4 rings (SSSR count). The Morgan fingerprint density at radius 3 is 2.79 bits per heavy atom.